The SMILES string of the molecule is CN(C(=O)C1CC(=O)N1)c1ccccc1.Cc1ccnc(N)c1. The first-order chi connectivity index (χ1) is 11.0. The number of nitrogens with one attached hydrogen (secondary N) is 1. The summed E-state index contributed by atoms with van der Waals surface area (Å²) in [5, 5.41) is 2.56. The van der Waals surface area contributed by atoms with Gasteiger partial charge in [0, 0.05) is 18.9 Å². The van der Waals surface area contributed by atoms with E-state index in [1.807, 2.05) is 49.4 Å². The minimum absolute atomic E-state index is 0.0604. The first kappa shape index (κ1) is 16.5. The van der Waals surface area contributed by atoms with Crippen LogP contribution in [0.1, 0.15) is 12.0 Å². The molecule has 2 amide bonds. The van der Waals surface area contributed by atoms with E-state index in [2.05, 4.69) is 10.3 Å². The molecular formula is C17H20N4O2. The molecule has 2 heterocycles. The average Bonchev–Trinajstić information content (AvgIpc) is 2.52. The van der Waals surface area contributed by atoms with Crippen LogP contribution in [0.2, 0.25) is 0 Å². The van der Waals surface area contributed by atoms with Crippen LogP contribution < -0.4 is 16.0 Å². The lowest BCUT2D eigenvalue weighted by molar-refractivity contribution is -0.135. The van der Waals surface area contributed by atoms with Gasteiger partial charge >= 0.3 is 0 Å². The molecule has 3 rings (SSSR count). The number of β-lactam (4-membered cyclic amide) rings is 1. The number of nitrogens with zero attached hydrogens (tertiary/aromatic N) is 2. The fourth-order valence-corrected chi connectivity index (χ4v) is 2.08. The lowest BCUT2D eigenvalue weighted by Gasteiger charge is -2.29. The van der Waals surface area contributed by atoms with Gasteiger partial charge in [-0.05, 0) is 36.8 Å². The first-order valence-corrected chi connectivity index (χ1v) is 7.27. The van der Waals surface area contributed by atoms with Crippen LogP contribution in [0.15, 0.2) is 48.7 Å². The highest BCUT2D eigenvalue weighted by molar-refractivity contribution is 6.04. The predicted octanol–water partition coefficient (Wildman–Crippen LogP) is 1.51. The number of aryl methyl sites for hydroxylation is 1. The second kappa shape index (κ2) is 7.40. The van der Waals surface area contributed by atoms with Crippen LogP contribution in [0, 0.1) is 6.92 Å². The third kappa shape index (κ3) is 4.54. The third-order valence-corrected chi connectivity index (χ3v) is 3.43. The molecule has 1 fully saturated rings. The molecule has 120 valence electrons. The number of hydrogen-bond donors (Lipinski definition) is 2. The molecule has 1 aromatic heterocycles. The zero-order chi connectivity index (χ0) is 16.8. The van der Waals surface area contributed by atoms with E-state index in [4.69, 9.17) is 5.73 Å². The Labute approximate surface area is 135 Å². The van der Waals surface area contributed by atoms with Crippen molar-refractivity contribution in [1.82, 2.24) is 10.3 Å². The number of likely N-dealkylation sites (N-methyl/N-ethyl adjacent to an activating group) is 1. The van der Waals surface area contributed by atoms with Crippen molar-refractivity contribution >= 4 is 23.3 Å². The van der Waals surface area contributed by atoms with Gasteiger partial charge in [-0.3, -0.25) is 9.59 Å². The van der Waals surface area contributed by atoms with Crippen LogP contribution in [-0.2, 0) is 9.59 Å². The van der Waals surface area contributed by atoms with Gasteiger partial charge in [-0.25, -0.2) is 4.98 Å². The highest BCUT2D eigenvalue weighted by Crippen LogP contribution is 2.15. The zero-order valence-electron chi connectivity index (χ0n) is 13.2. The molecule has 1 atom stereocenters. The smallest absolute Gasteiger partial charge is 0.249 e. The number of carbonyl (C=O) groups excluding carboxylic acids is 2. The van der Waals surface area contributed by atoms with E-state index in [0.29, 0.717) is 12.2 Å². The van der Waals surface area contributed by atoms with Gasteiger partial charge in [0.1, 0.15) is 11.9 Å². The van der Waals surface area contributed by atoms with Crippen molar-refractivity contribution in [1.29, 1.82) is 0 Å². The van der Waals surface area contributed by atoms with Crippen molar-refractivity contribution < 1.29 is 9.59 Å². The van der Waals surface area contributed by atoms with E-state index in [1.54, 1.807) is 18.1 Å². The number of benzene rings is 1. The largest absolute Gasteiger partial charge is 0.384 e. The van der Waals surface area contributed by atoms with Gasteiger partial charge in [0.2, 0.25) is 11.8 Å². The van der Waals surface area contributed by atoms with Gasteiger partial charge in [-0.15, -0.1) is 0 Å². The molecule has 1 aliphatic heterocycles. The number of nitrogen functional groups attached to an aromatic ring is 1. The molecule has 1 saturated heterocycles. The molecule has 1 unspecified atom stereocenters. The summed E-state index contributed by atoms with van der Waals surface area (Å²) in [4.78, 5) is 27.9. The summed E-state index contributed by atoms with van der Waals surface area (Å²) in [5.74, 6) is 0.459. The number of anilines is 2. The third-order valence-electron chi connectivity index (χ3n) is 3.43. The molecule has 0 spiro atoms. The number of nitrogens with two attached hydrogens (primary N) is 1. The summed E-state index contributed by atoms with van der Waals surface area (Å²) in [5.41, 5.74) is 7.33. The summed E-state index contributed by atoms with van der Waals surface area (Å²) < 4.78 is 0. The summed E-state index contributed by atoms with van der Waals surface area (Å²) in [6.07, 6.45) is 2.00. The maximum absolute atomic E-state index is 11.8. The Morgan fingerprint density at radius 3 is 2.43 bits per heavy atom. The minimum Gasteiger partial charge on any atom is -0.384 e. The van der Waals surface area contributed by atoms with E-state index >= 15 is 0 Å². The molecule has 0 bridgehead atoms. The van der Waals surface area contributed by atoms with Crippen molar-refractivity contribution in [2.75, 3.05) is 17.7 Å². The highest BCUT2D eigenvalue weighted by atomic mass is 16.2. The van der Waals surface area contributed by atoms with Gasteiger partial charge in [-0.2, -0.15) is 0 Å². The Hall–Kier alpha value is -2.89. The van der Waals surface area contributed by atoms with Gasteiger partial charge in [-0.1, -0.05) is 18.2 Å². The van der Waals surface area contributed by atoms with E-state index in [-0.39, 0.29) is 17.9 Å². The Bertz CT molecular complexity index is 663. The number of amides is 2. The van der Waals surface area contributed by atoms with E-state index in [0.717, 1.165) is 11.3 Å². The van der Waals surface area contributed by atoms with Crippen molar-refractivity contribution in [3.63, 3.8) is 0 Å². The summed E-state index contributed by atoms with van der Waals surface area (Å²) in [7, 11) is 1.71. The van der Waals surface area contributed by atoms with Crippen LogP contribution in [0.4, 0.5) is 11.5 Å². The first-order valence-electron chi connectivity index (χ1n) is 7.27. The second-order valence-electron chi connectivity index (χ2n) is 5.32. The lowest BCUT2D eigenvalue weighted by atomic mass is 10.1. The van der Waals surface area contributed by atoms with Gasteiger partial charge in [0.25, 0.3) is 0 Å². The van der Waals surface area contributed by atoms with Crippen molar-refractivity contribution in [2.24, 2.45) is 0 Å². The van der Waals surface area contributed by atoms with Crippen molar-refractivity contribution in [2.45, 2.75) is 19.4 Å². The summed E-state index contributed by atoms with van der Waals surface area (Å²) >= 11 is 0. The lowest BCUT2D eigenvalue weighted by Crippen LogP contribution is -2.57. The van der Waals surface area contributed by atoms with Crippen LogP contribution in [0.3, 0.4) is 0 Å². The normalized spacial score (nSPS) is 15.6. The highest BCUT2D eigenvalue weighted by Gasteiger charge is 2.33. The Morgan fingerprint density at radius 2 is 1.96 bits per heavy atom. The fourth-order valence-electron chi connectivity index (χ4n) is 2.08. The summed E-state index contributed by atoms with van der Waals surface area (Å²) in [6, 6.07) is 12.8. The number of rotatable bonds is 2. The molecular weight excluding hydrogens is 292 g/mol. The molecule has 0 radical (unpaired) electrons. The number of hydrogen-bond acceptors (Lipinski definition) is 4. The number of pyridine rings is 1. The van der Waals surface area contributed by atoms with Crippen LogP contribution >= 0.6 is 0 Å². The van der Waals surface area contributed by atoms with Crippen molar-refractivity contribution in [3.8, 4) is 0 Å². The molecule has 23 heavy (non-hydrogen) atoms. The van der Waals surface area contributed by atoms with Crippen LogP contribution in [0.25, 0.3) is 0 Å². The average molecular weight is 312 g/mol. The molecule has 1 aliphatic rings. The maximum atomic E-state index is 11.8. The molecule has 1 aromatic carbocycles. The molecule has 2 aromatic rings. The van der Waals surface area contributed by atoms with E-state index < -0.39 is 0 Å². The number of carbonyl (C=O) groups is 2. The van der Waals surface area contributed by atoms with Crippen LogP contribution in [0.5, 0.6) is 0 Å². The minimum atomic E-state index is -0.345. The van der Waals surface area contributed by atoms with E-state index in [9.17, 15) is 9.59 Å². The second-order valence-corrected chi connectivity index (χ2v) is 5.32. The maximum Gasteiger partial charge on any atom is 0.249 e. The van der Waals surface area contributed by atoms with Gasteiger partial charge < -0.3 is 16.0 Å². The molecule has 6 nitrogen and oxygen atoms in total. The van der Waals surface area contributed by atoms with Crippen molar-refractivity contribution in [3.05, 3.63) is 54.2 Å². The van der Waals surface area contributed by atoms with Crippen LogP contribution in [-0.4, -0.2) is 29.9 Å². The predicted molar refractivity (Wildman–Crippen MR) is 89.8 cm³/mol. The Kier molecular flexibility index (Phi) is 5.30. The summed E-state index contributed by atoms with van der Waals surface area (Å²) in [6.45, 7) is 1.98. The molecule has 6 heteroatoms. The number of para-hydroxylation sites is 1. The number of aromatic nitrogens is 1. The topological polar surface area (TPSA) is 88.3 Å². The Morgan fingerprint density at radius 1 is 1.30 bits per heavy atom. The Balaban J connectivity index is 0.000000203. The van der Waals surface area contributed by atoms with Gasteiger partial charge in [0.15, 0.2) is 0 Å². The molecule has 0 aliphatic carbocycles. The zero-order valence-corrected chi connectivity index (χ0v) is 13.2. The van der Waals surface area contributed by atoms with Gasteiger partial charge in [0.05, 0.1) is 6.42 Å². The standard InChI is InChI=1S/C11H12N2O2.C6H8N2/c1-13(8-5-3-2-4-6-8)11(15)9-7-10(14)12-9;1-5-2-3-8-6(7)4-5/h2-6,9H,7H2,1H3,(H,12,14);2-4H,1H3,(H2,7,8). The monoisotopic (exact) mass is 312 g/mol. The quantitative estimate of drug-likeness (QED) is 0.823. The molecule has 3 N–H and O–H groups in total. The van der Waals surface area contributed by atoms with E-state index in [1.165, 1.54) is 0 Å². The molecule has 0 saturated carbocycles. The fraction of sp³-hybridized carbons (Fsp3) is 0.235.